The number of aldehydes is 1. The molecule has 1 atom stereocenters. The minimum absolute atomic E-state index is 0.0188. The van der Waals surface area contributed by atoms with Gasteiger partial charge in [-0.3, -0.25) is 14.3 Å². The Kier molecular flexibility index (Phi) is 4.79. The van der Waals surface area contributed by atoms with Crippen LogP contribution in [0.3, 0.4) is 0 Å². The van der Waals surface area contributed by atoms with Crippen LogP contribution in [0.2, 0.25) is 5.02 Å². The number of fused-ring (bicyclic) bond motifs is 1. The van der Waals surface area contributed by atoms with Crippen LogP contribution in [-0.2, 0) is 0 Å². The van der Waals surface area contributed by atoms with Gasteiger partial charge in [-0.25, -0.2) is 4.98 Å². The van der Waals surface area contributed by atoms with E-state index in [0.29, 0.717) is 16.3 Å². The number of halogens is 1. The smallest absolute Gasteiger partial charge is 0.152 e. The Labute approximate surface area is 151 Å². The molecule has 0 fully saturated rings. The van der Waals surface area contributed by atoms with Gasteiger partial charge in [0.2, 0.25) is 0 Å². The lowest BCUT2D eigenvalue weighted by Gasteiger charge is -2.24. The van der Waals surface area contributed by atoms with Crippen molar-refractivity contribution in [1.29, 1.82) is 0 Å². The second kappa shape index (κ2) is 6.86. The third-order valence-corrected chi connectivity index (χ3v) is 4.58. The molecule has 0 saturated heterocycles. The number of hydrogen-bond acceptors (Lipinski definition) is 4. The molecule has 1 unspecified atom stereocenters. The minimum Gasteiger partial charge on any atom is -0.506 e. The lowest BCUT2D eigenvalue weighted by Crippen LogP contribution is -2.23. The summed E-state index contributed by atoms with van der Waals surface area (Å²) in [6.45, 7) is 2.08. The summed E-state index contributed by atoms with van der Waals surface area (Å²) in [5, 5.41) is 11.1. The molecule has 0 bridgehead atoms. The predicted molar refractivity (Wildman–Crippen MR) is 99.9 cm³/mol. The normalized spacial score (nSPS) is 12.7. The fourth-order valence-corrected chi connectivity index (χ4v) is 3.36. The zero-order chi connectivity index (χ0) is 18.1. The molecule has 2 aromatic carbocycles. The number of phenolic OH excluding ortho intramolecular Hbond substituents is 1. The van der Waals surface area contributed by atoms with E-state index in [2.05, 4.69) is 11.8 Å². The first-order valence-corrected chi connectivity index (χ1v) is 8.47. The van der Waals surface area contributed by atoms with Crippen molar-refractivity contribution in [3.63, 3.8) is 0 Å². The molecular weight excluding hydrogens is 338 g/mol. The zero-order valence-electron chi connectivity index (χ0n) is 14.4. The van der Waals surface area contributed by atoms with E-state index in [4.69, 9.17) is 16.6 Å². The van der Waals surface area contributed by atoms with Crippen molar-refractivity contribution >= 4 is 28.9 Å². The highest BCUT2D eigenvalue weighted by Crippen LogP contribution is 2.35. The number of phenols is 1. The second-order valence-corrected chi connectivity index (χ2v) is 6.60. The maximum absolute atomic E-state index is 11.6. The van der Waals surface area contributed by atoms with Crippen LogP contribution in [-0.4, -0.2) is 39.9 Å². The largest absolute Gasteiger partial charge is 0.506 e. The average Bonchev–Trinajstić information content (AvgIpc) is 2.92. The Bertz CT molecular complexity index is 934. The molecule has 130 valence electrons. The molecule has 0 aliphatic heterocycles. The highest BCUT2D eigenvalue weighted by Gasteiger charge is 2.24. The molecule has 0 saturated carbocycles. The molecule has 0 spiro atoms. The number of imidazole rings is 1. The monoisotopic (exact) mass is 357 g/mol. The summed E-state index contributed by atoms with van der Waals surface area (Å²) >= 11 is 6.19. The summed E-state index contributed by atoms with van der Waals surface area (Å²) < 4.78 is 1.84. The predicted octanol–water partition coefficient (Wildman–Crippen LogP) is 4.21. The van der Waals surface area contributed by atoms with Gasteiger partial charge in [0.25, 0.3) is 0 Å². The van der Waals surface area contributed by atoms with Gasteiger partial charge in [-0.05, 0) is 50.8 Å². The first-order chi connectivity index (χ1) is 12.0. The molecule has 6 heteroatoms. The fraction of sp³-hybridized carbons (Fsp3) is 0.263. The molecule has 25 heavy (non-hydrogen) atoms. The summed E-state index contributed by atoms with van der Waals surface area (Å²) in [6, 6.07) is 10.4. The number of para-hydroxylation sites is 1. The molecule has 5 nitrogen and oxygen atoms in total. The first-order valence-electron chi connectivity index (χ1n) is 8.09. The van der Waals surface area contributed by atoms with Gasteiger partial charge in [0.15, 0.2) is 6.29 Å². The molecule has 1 N–H and O–H groups in total. The number of hydrogen-bond donors (Lipinski definition) is 1. The van der Waals surface area contributed by atoms with Crippen LogP contribution in [0.4, 0.5) is 0 Å². The van der Waals surface area contributed by atoms with Crippen molar-refractivity contribution in [3.8, 4) is 11.4 Å². The van der Waals surface area contributed by atoms with E-state index < -0.39 is 0 Å². The van der Waals surface area contributed by atoms with Crippen molar-refractivity contribution in [1.82, 2.24) is 14.5 Å². The third-order valence-electron chi connectivity index (χ3n) is 4.35. The molecule has 3 rings (SSSR count). The summed E-state index contributed by atoms with van der Waals surface area (Å²) in [4.78, 5) is 18.4. The SMILES string of the molecule is CCC(c1nc2ccc(Cl)cc2n1-c1c(O)cccc1C=O)N(C)C. The van der Waals surface area contributed by atoms with Gasteiger partial charge in [-0.2, -0.15) is 0 Å². The van der Waals surface area contributed by atoms with Crippen LogP contribution >= 0.6 is 11.6 Å². The maximum Gasteiger partial charge on any atom is 0.152 e. The Morgan fingerprint density at radius 2 is 2.08 bits per heavy atom. The van der Waals surface area contributed by atoms with Crippen molar-refractivity contribution < 1.29 is 9.90 Å². The summed E-state index contributed by atoms with van der Waals surface area (Å²) in [7, 11) is 3.96. The lowest BCUT2D eigenvalue weighted by atomic mass is 10.1. The highest BCUT2D eigenvalue weighted by atomic mass is 35.5. The Morgan fingerprint density at radius 1 is 1.32 bits per heavy atom. The van der Waals surface area contributed by atoms with Crippen LogP contribution in [0.15, 0.2) is 36.4 Å². The van der Waals surface area contributed by atoms with Crippen molar-refractivity contribution in [2.75, 3.05) is 14.1 Å². The van der Waals surface area contributed by atoms with Crippen molar-refractivity contribution in [2.24, 2.45) is 0 Å². The van der Waals surface area contributed by atoms with E-state index in [1.807, 2.05) is 24.7 Å². The molecule has 1 aromatic heterocycles. The molecule has 3 aromatic rings. The molecular formula is C19H20ClN3O2. The second-order valence-electron chi connectivity index (χ2n) is 6.16. The number of rotatable bonds is 5. The van der Waals surface area contributed by atoms with Crippen LogP contribution in [0, 0.1) is 0 Å². The third kappa shape index (κ3) is 3.01. The highest BCUT2D eigenvalue weighted by molar-refractivity contribution is 6.31. The number of benzene rings is 2. The van der Waals surface area contributed by atoms with E-state index in [1.54, 1.807) is 30.3 Å². The molecule has 1 heterocycles. The van der Waals surface area contributed by atoms with E-state index in [1.165, 1.54) is 0 Å². The van der Waals surface area contributed by atoms with E-state index in [0.717, 1.165) is 29.6 Å². The van der Waals surface area contributed by atoms with Gasteiger partial charge in [0.05, 0.1) is 22.8 Å². The average molecular weight is 358 g/mol. The standard InChI is InChI=1S/C19H20ClN3O2/c1-4-15(22(2)3)19-21-14-9-8-13(20)10-16(14)23(19)18-12(11-24)6-5-7-17(18)25/h5-11,15,25H,4H2,1-3H3. The summed E-state index contributed by atoms with van der Waals surface area (Å²) in [6.07, 6.45) is 1.57. The number of aromatic hydroxyl groups is 1. The Hall–Kier alpha value is -2.37. The van der Waals surface area contributed by atoms with Gasteiger partial charge in [-0.15, -0.1) is 0 Å². The fourth-order valence-electron chi connectivity index (χ4n) is 3.19. The lowest BCUT2D eigenvalue weighted by molar-refractivity contribution is 0.112. The Balaban J connectivity index is 2.43. The number of carbonyl (C=O) groups excluding carboxylic acids is 1. The molecule has 0 aliphatic rings. The Morgan fingerprint density at radius 3 is 2.72 bits per heavy atom. The molecule has 0 amide bonds. The van der Waals surface area contributed by atoms with Gasteiger partial charge >= 0.3 is 0 Å². The minimum atomic E-state index is 0.0188. The van der Waals surface area contributed by atoms with Gasteiger partial charge < -0.3 is 5.11 Å². The van der Waals surface area contributed by atoms with Crippen LogP contribution in [0.1, 0.15) is 35.6 Å². The van der Waals surface area contributed by atoms with Gasteiger partial charge in [0, 0.05) is 10.6 Å². The number of nitrogens with zero attached hydrogens (tertiary/aromatic N) is 3. The van der Waals surface area contributed by atoms with Crippen LogP contribution in [0.25, 0.3) is 16.7 Å². The van der Waals surface area contributed by atoms with Crippen LogP contribution in [0.5, 0.6) is 5.75 Å². The zero-order valence-corrected chi connectivity index (χ0v) is 15.2. The topological polar surface area (TPSA) is 58.4 Å². The molecule has 0 radical (unpaired) electrons. The summed E-state index contributed by atoms with van der Waals surface area (Å²) in [5.74, 6) is 0.785. The van der Waals surface area contributed by atoms with E-state index in [9.17, 15) is 9.90 Å². The van der Waals surface area contributed by atoms with Crippen molar-refractivity contribution in [2.45, 2.75) is 19.4 Å². The van der Waals surface area contributed by atoms with Gasteiger partial charge in [0.1, 0.15) is 11.6 Å². The molecule has 0 aliphatic carbocycles. The van der Waals surface area contributed by atoms with Crippen LogP contribution < -0.4 is 0 Å². The van der Waals surface area contributed by atoms with E-state index in [-0.39, 0.29) is 11.8 Å². The van der Waals surface area contributed by atoms with Crippen molar-refractivity contribution in [3.05, 3.63) is 52.8 Å². The van der Waals surface area contributed by atoms with Gasteiger partial charge in [-0.1, -0.05) is 24.6 Å². The first kappa shape index (κ1) is 17.5. The summed E-state index contributed by atoms with van der Waals surface area (Å²) in [5.41, 5.74) is 2.35. The van der Waals surface area contributed by atoms with E-state index >= 15 is 0 Å². The quantitative estimate of drug-likeness (QED) is 0.695. The number of aromatic nitrogens is 2. The maximum atomic E-state index is 11.6. The number of carbonyl (C=O) groups is 1.